The number of pyridine rings is 2. The fourth-order valence-corrected chi connectivity index (χ4v) is 3.31. The topological polar surface area (TPSA) is 136 Å². The summed E-state index contributed by atoms with van der Waals surface area (Å²) in [4.78, 5) is 30.1. The Morgan fingerprint density at radius 3 is 1.53 bits per heavy atom. The molecule has 0 aliphatic rings. The molecule has 0 unspecified atom stereocenters. The van der Waals surface area contributed by atoms with Crippen molar-refractivity contribution in [2.24, 2.45) is 0 Å². The van der Waals surface area contributed by atoms with E-state index in [2.05, 4.69) is 20.6 Å². The van der Waals surface area contributed by atoms with Crippen molar-refractivity contribution in [1.82, 2.24) is 9.97 Å². The zero-order chi connectivity index (χ0) is 21.1. The van der Waals surface area contributed by atoms with Gasteiger partial charge in [0.2, 0.25) is 0 Å². The van der Waals surface area contributed by atoms with Crippen molar-refractivity contribution >= 4 is 44.6 Å². The highest BCUT2D eigenvalue weighted by Gasteiger charge is 2.16. The summed E-state index contributed by atoms with van der Waals surface area (Å²) >= 11 is 0. The number of nitrogens with zero attached hydrogens (tertiary/aromatic N) is 4. The van der Waals surface area contributed by atoms with Crippen LogP contribution in [0.3, 0.4) is 0 Å². The molecule has 2 N–H and O–H groups in total. The standard InChI is InChI=1S/C20H16N6O4/c27-25(28)17-7-5-15(19-13(17)3-1-9-23-19)21-11-12-22-16-6-8-18(26(29)30)14-4-2-10-24-20(14)16/h1-10,21-22H,11-12H2. The lowest BCUT2D eigenvalue weighted by Gasteiger charge is -2.12. The molecule has 0 aliphatic carbocycles. The molecule has 10 heteroatoms. The monoisotopic (exact) mass is 404 g/mol. The van der Waals surface area contributed by atoms with Crippen LogP contribution in [0, 0.1) is 20.2 Å². The molecule has 4 aromatic rings. The molecule has 2 aromatic heterocycles. The van der Waals surface area contributed by atoms with Crippen LogP contribution in [0.1, 0.15) is 0 Å². The molecule has 10 nitrogen and oxygen atoms in total. The van der Waals surface area contributed by atoms with Gasteiger partial charge < -0.3 is 10.6 Å². The molecule has 150 valence electrons. The first kappa shape index (κ1) is 19.0. The van der Waals surface area contributed by atoms with Gasteiger partial charge in [0.15, 0.2) is 0 Å². The summed E-state index contributed by atoms with van der Waals surface area (Å²) in [6, 6.07) is 12.8. The van der Waals surface area contributed by atoms with Gasteiger partial charge >= 0.3 is 0 Å². The fraction of sp³-hybridized carbons (Fsp3) is 0.100. The van der Waals surface area contributed by atoms with E-state index in [4.69, 9.17) is 0 Å². The number of fused-ring (bicyclic) bond motifs is 2. The summed E-state index contributed by atoms with van der Waals surface area (Å²) < 4.78 is 0. The number of nitrogens with one attached hydrogen (secondary N) is 2. The molecule has 0 amide bonds. The Labute approximate surface area is 169 Å². The minimum atomic E-state index is -0.429. The predicted molar refractivity (Wildman–Crippen MR) is 114 cm³/mol. The van der Waals surface area contributed by atoms with Gasteiger partial charge in [-0.15, -0.1) is 0 Å². The van der Waals surface area contributed by atoms with Gasteiger partial charge in [0.1, 0.15) is 11.0 Å². The molecule has 4 rings (SSSR count). The first-order chi connectivity index (χ1) is 14.6. The lowest BCUT2D eigenvalue weighted by atomic mass is 10.1. The molecular formula is C20H16N6O4. The molecule has 0 bridgehead atoms. The first-order valence-electron chi connectivity index (χ1n) is 9.08. The third kappa shape index (κ3) is 3.53. The van der Waals surface area contributed by atoms with E-state index in [1.54, 1.807) is 48.8 Å². The summed E-state index contributed by atoms with van der Waals surface area (Å²) in [5.74, 6) is 0. The second kappa shape index (κ2) is 7.95. The number of benzene rings is 2. The van der Waals surface area contributed by atoms with E-state index in [1.807, 2.05) is 0 Å². The molecule has 0 saturated heterocycles. The number of non-ortho nitro benzene ring substituents is 2. The van der Waals surface area contributed by atoms with Gasteiger partial charge in [0.25, 0.3) is 11.4 Å². The third-order valence-corrected chi connectivity index (χ3v) is 4.64. The van der Waals surface area contributed by atoms with Gasteiger partial charge in [-0.3, -0.25) is 30.2 Å². The predicted octanol–water partition coefficient (Wildman–Crippen LogP) is 4.12. The van der Waals surface area contributed by atoms with Crippen molar-refractivity contribution in [3.63, 3.8) is 0 Å². The number of anilines is 2. The average Bonchev–Trinajstić information content (AvgIpc) is 2.76. The van der Waals surface area contributed by atoms with Crippen LogP contribution < -0.4 is 10.6 Å². The highest BCUT2D eigenvalue weighted by Crippen LogP contribution is 2.31. The van der Waals surface area contributed by atoms with Crippen LogP contribution in [0.2, 0.25) is 0 Å². The van der Waals surface area contributed by atoms with Crippen molar-refractivity contribution in [1.29, 1.82) is 0 Å². The Morgan fingerprint density at radius 1 is 0.700 bits per heavy atom. The fourth-order valence-electron chi connectivity index (χ4n) is 3.31. The SMILES string of the molecule is O=[N+]([O-])c1ccc(NCCNc2ccc([N+](=O)[O-])c3cccnc23)c2ncccc12. The van der Waals surface area contributed by atoms with Crippen molar-refractivity contribution in [2.45, 2.75) is 0 Å². The molecule has 30 heavy (non-hydrogen) atoms. The molecule has 0 radical (unpaired) electrons. The summed E-state index contributed by atoms with van der Waals surface area (Å²) in [5.41, 5.74) is 2.42. The van der Waals surface area contributed by atoms with E-state index in [-0.39, 0.29) is 11.4 Å². The lowest BCUT2D eigenvalue weighted by molar-refractivity contribution is -0.383. The Kier molecular flexibility index (Phi) is 5.04. The minimum absolute atomic E-state index is 0.00481. The van der Waals surface area contributed by atoms with Gasteiger partial charge in [-0.1, -0.05) is 0 Å². The number of nitro groups is 2. The molecule has 0 spiro atoms. The number of rotatable bonds is 7. The van der Waals surface area contributed by atoms with E-state index in [9.17, 15) is 20.2 Å². The minimum Gasteiger partial charge on any atom is -0.382 e. The second-order valence-corrected chi connectivity index (χ2v) is 6.43. The van der Waals surface area contributed by atoms with Gasteiger partial charge in [-0.2, -0.15) is 0 Å². The van der Waals surface area contributed by atoms with Gasteiger partial charge in [-0.25, -0.2) is 0 Å². The summed E-state index contributed by atoms with van der Waals surface area (Å²) in [6.45, 7) is 0.990. The first-order valence-corrected chi connectivity index (χ1v) is 9.08. The summed E-state index contributed by atoms with van der Waals surface area (Å²) in [5, 5.41) is 29.8. The van der Waals surface area contributed by atoms with Crippen molar-refractivity contribution < 1.29 is 9.85 Å². The number of aromatic nitrogens is 2. The maximum absolute atomic E-state index is 11.2. The summed E-state index contributed by atoms with van der Waals surface area (Å²) in [7, 11) is 0. The van der Waals surface area contributed by atoms with Gasteiger partial charge in [0.05, 0.1) is 32.0 Å². The van der Waals surface area contributed by atoms with Crippen LogP contribution in [0.4, 0.5) is 22.7 Å². The molecular weight excluding hydrogens is 388 g/mol. The zero-order valence-corrected chi connectivity index (χ0v) is 15.6. The molecule has 0 saturated carbocycles. The van der Waals surface area contributed by atoms with Gasteiger partial charge in [-0.05, 0) is 36.4 Å². The molecule has 2 aromatic carbocycles. The maximum atomic E-state index is 11.2. The van der Waals surface area contributed by atoms with Crippen LogP contribution >= 0.6 is 0 Å². The highest BCUT2D eigenvalue weighted by atomic mass is 16.6. The number of nitro benzene ring substituents is 2. The van der Waals surface area contributed by atoms with E-state index in [1.165, 1.54) is 12.1 Å². The van der Waals surface area contributed by atoms with E-state index >= 15 is 0 Å². The number of hydrogen-bond donors (Lipinski definition) is 2. The van der Waals surface area contributed by atoms with Crippen LogP contribution in [0.15, 0.2) is 60.9 Å². The highest BCUT2D eigenvalue weighted by molar-refractivity contribution is 5.97. The molecule has 2 heterocycles. The van der Waals surface area contributed by atoms with Crippen molar-refractivity contribution in [3.8, 4) is 0 Å². The smallest absolute Gasteiger partial charge is 0.278 e. The summed E-state index contributed by atoms with van der Waals surface area (Å²) in [6.07, 6.45) is 3.17. The van der Waals surface area contributed by atoms with E-state index in [0.717, 1.165) is 0 Å². The molecule has 0 aliphatic heterocycles. The van der Waals surface area contributed by atoms with E-state index < -0.39 is 9.85 Å². The zero-order valence-electron chi connectivity index (χ0n) is 15.6. The quantitative estimate of drug-likeness (QED) is 0.267. The average molecular weight is 404 g/mol. The van der Waals surface area contributed by atoms with Crippen molar-refractivity contribution in [3.05, 3.63) is 81.2 Å². The van der Waals surface area contributed by atoms with Crippen LogP contribution in [-0.2, 0) is 0 Å². The molecule has 0 fully saturated rings. The Morgan fingerprint density at radius 2 is 1.13 bits per heavy atom. The van der Waals surface area contributed by atoms with Crippen molar-refractivity contribution in [2.75, 3.05) is 23.7 Å². The van der Waals surface area contributed by atoms with Gasteiger partial charge in [0, 0.05) is 37.6 Å². The Bertz CT molecular complexity index is 1180. The van der Waals surface area contributed by atoms with Crippen LogP contribution in [0.5, 0.6) is 0 Å². The maximum Gasteiger partial charge on any atom is 0.278 e. The second-order valence-electron chi connectivity index (χ2n) is 6.43. The Hall–Kier alpha value is -4.34. The third-order valence-electron chi connectivity index (χ3n) is 4.64. The largest absolute Gasteiger partial charge is 0.382 e. The molecule has 0 atom stereocenters. The van der Waals surface area contributed by atoms with Crippen LogP contribution in [-0.4, -0.2) is 32.9 Å². The Balaban J connectivity index is 1.50. The normalized spacial score (nSPS) is 10.8. The lowest BCUT2D eigenvalue weighted by Crippen LogP contribution is -2.14. The number of hydrogen-bond acceptors (Lipinski definition) is 8. The van der Waals surface area contributed by atoms with E-state index in [0.29, 0.717) is 46.3 Å². The van der Waals surface area contributed by atoms with Crippen LogP contribution in [0.25, 0.3) is 21.8 Å².